The van der Waals surface area contributed by atoms with Crippen LogP contribution in [0.5, 0.6) is 0 Å². The summed E-state index contributed by atoms with van der Waals surface area (Å²) in [5, 5.41) is 7.51. The zero-order valence-electron chi connectivity index (χ0n) is 12.7. The maximum absolute atomic E-state index is 12.5. The molecule has 0 unspecified atom stereocenters. The number of aromatic nitrogens is 1. The first-order valence-corrected chi connectivity index (χ1v) is 7.15. The van der Waals surface area contributed by atoms with E-state index in [9.17, 15) is 4.79 Å². The molecule has 0 bridgehead atoms. The summed E-state index contributed by atoms with van der Waals surface area (Å²) in [6, 6.07) is 11.7. The van der Waals surface area contributed by atoms with Crippen molar-refractivity contribution in [3.05, 3.63) is 57.9 Å². The number of nitrogens with two attached hydrogens (primary N) is 1. The standard InChI is InChI=1S/C17H21N3O/c1-4-12-5-7-13(8-6-12)15-10-9-14(16(18)19)17(21)20(15)11(2)3/h5-11H,4H2,1-3H3,(H3,18,19). The quantitative estimate of drug-likeness (QED) is 0.669. The zero-order valence-corrected chi connectivity index (χ0v) is 12.7. The van der Waals surface area contributed by atoms with Crippen LogP contribution in [-0.2, 0) is 6.42 Å². The first-order chi connectivity index (χ1) is 9.95. The van der Waals surface area contributed by atoms with Gasteiger partial charge in [0.15, 0.2) is 0 Å². The molecule has 2 rings (SSSR count). The van der Waals surface area contributed by atoms with Crippen molar-refractivity contribution in [1.82, 2.24) is 4.57 Å². The topological polar surface area (TPSA) is 71.9 Å². The molecule has 1 aromatic heterocycles. The Labute approximate surface area is 124 Å². The van der Waals surface area contributed by atoms with Gasteiger partial charge in [-0.1, -0.05) is 31.2 Å². The lowest BCUT2D eigenvalue weighted by Gasteiger charge is -2.18. The molecule has 0 saturated heterocycles. The van der Waals surface area contributed by atoms with Crippen molar-refractivity contribution in [2.75, 3.05) is 0 Å². The van der Waals surface area contributed by atoms with E-state index in [-0.39, 0.29) is 23.0 Å². The van der Waals surface area contributed by atoms with Crippen molar-refractivity contribution in [2.24, 2.45) is 5.73 Å². The Hall–Kier alpha value is -2.36. The molecule has 0 aliphatic carbocycles. The van der Waals surface area contributed by atoms with Crippen LogP contribution in [0.15, 0.2) is 41.2 Å². The molecule has 4 nitrogen and oxygen atoms in total. The summed E-state index contributed by atoms with van der Waals surface area (Å²) < 4.78 is 1.69. The third-order valence-electron chi connectivity index (χ3n) is 3.58. The molecule has 0 aliphatic heterocycles. The van der Waals surface area contributed by atoms with Crippen LogP contribution in [0, 0.1) is 5.41 Å². The minimum atomic E-state index is -0.213. The van der Waals surface area contributed by atoms with Crippen LogP contribution < -0.4 is 11.3 Å². The van der Waals surface area contributed by atoms with E-state index < -0.39 is 0 Å². The summed E-state index contributed by atoms with van der Waals surface area (Å²) in [6.07, 6.45) is 0.987. The first-order valence-electron chi connectivity index (χ1n) is 7.15. The number of rotatable bonds is 4. The highest BCUT2D eigenvalue weighted by molar-refractivity contribution is 5.94. The van der Waals surface area contributed by atoms with Gasteiger partial charge in [-0.25, -0.2) is 0 Å². The van der Waals surface area contributed by atoms with E-state index in [2.05, 4.69) is 19.1 Å². The highest BCUT2D eigenvalue weighted by atomic mass is 16.1. The highest BCUT2D eigenvalue weighted by Gasteiger charge is 2.14. The van der Waals surface area contributed by atoms with E-state index in [4.69, 9.17) is 11.1 Å². The van der Waals surface area contributed by atoms with Gasteiger partial charge in [0.2, 0.25) is 0 Å². The number of hydrogen-bond donors (Lipinski definition) is 2. The number of nitrogen functional groups attached to an aromatic ring is 1. The van der Waals surface area contributed by atoms with Gasteiger partial charge < -0.3 is 10.3 Å². The van der Waals surface area contributed by atoms with Crippen molar-refractivity contribution >= 4 is 5.84 Å². The second-order valence-electron chi connectivity index (χ2n) is 5.37. The second kappa shape index (κ2) is 5.95. The van der Waals surface area contributed by atoms with Gasteiger partial charge in [-0.15, -0.1) is 0 Å². The summed E-state index contributed by atoms with van der Waals surface area (Å²) in [5.74, 6) is -0.192. The molecule has 3 N–H and O–H groups in total. The van der Waals surface area contributed by atoms with Gasteiger partial charge in [0.05, 0.1) is 11.3 Å². The zero-order chi connectivity index (χ0) is 15.6. The molecule has 21 heavy (non-hydrogen) atoms. The molecule has 2 aromatic rings. The van der Waals surface area contributed by atoms with E-state index in [0.717, 1.165) is 17.7 Å². The predicted octanol–water partition coefficient (Wildman–Crippen LogP) is 2.94. The smallest absolute Gasteiger partial charge is 0.262 e. The van der Waals surface area contributed by atoms with E-state index >= 15 is 0 Å². The van der Waals surface area contributed by atoms with Crippen LogP contribution in [0.1, 0.15) is 37.9 Å². The fourth-order valence-corrected chi connectivity index (χ4v) is 2.42. The Balaban J connectivity index is 2.65. The maximum Gasteiger partial charge on any atom is 0.262 e. The summed E-state index contributed by atoms with van der Waals surface area (Å²) in [7, 11) is 0. The summed E-state index contributed by atoms with van der Waals surface area (Å²) in [6.45, 7) is 6.02. The van der Waals surface area contributed by atoms with Crippen LogP contribution in [0.4, 0.5) is 0 Å². The fraction of sp³-hybridized carbons (Fsp3) is 0.294. The Morgan fingerprint density at radius 1 is 1.19 bits per heavy atom. The van der Waals surface area contributed by atoms with Crippen LogP contribution >= 0.6 is 0 Å². The number of aryl methyl sites for hydroxylation is 1. The van der Waals surface area contributed by atoms with E-state index in [1.165, 1.54) is 5.56 Å². The SMILES string of the molecule is CCc1ccc(-c2ccc(C(=N)N)c(=O)n2C(C)C)cc1. The van der Waals surface area contributed by atoms with Crippen LogP contribution in [0.25, 0.3) is 11.3 Å². The van der Waals surface area contributed by atoms with E-state index in [0.29, 0.717) is 0 Å². The van der Waals surface area contributed by atoms with Gasteiger partial charge in [-0.05, 0) is 43.5 Å². The lowest BCUT2D eigenvalue weighted by Crippen LogP contribution is -2.31. The van der Waals surface area contributed by atoms with E-state index in [1.54, 1.807) is 10.6 Å². The van der Waals surface area contributed by atoms with E-state index in [1.807, 2.05) is 32.0 Å². The van der Waals surface area contributed by atoms with Crippen molar-refractivity contribution in [2.45, 2.75) is 33.2 Å². The third kappa shape index (κ3) is 2.89. The molecule has 4 heteroatoms. The molecule has 110 valence electrons. The molecule has 0 spiro atoms. The summed E-state index contributed by atoms with van der Waals surface area (Å²) in [5.41, 5.74) is 8.62. The van der Waals surface area contributed by atoms with Gasteiger partial charge >= 0.3 is 0 Å². The molecule has 0 saturated carbocycles. The van der Waals surface area contributed by atoms with Crippen LogP contribution in [-0.4, -0.2) is 10.4 Å². The molecule has 0 fully saturated rings. The van der Waals surface area contributed by atoms with Crippen LogP contribution in [0.2, 0.25) is 0 Å². The first kappa shape index (κ1) is 15.0. The molecule has 1 aromatic carbocycles. The van der Waals surface area contributed by atoms with Crippen molar-refractivity contribution in [3.8, 4) is 11.3 Å². The predicted molar refractivity (Wildman–Crippen MR) is 86.9 cm³/mol. The lowest BCUT2D eigenvalue weighted by molar-refractivity contribution is 0.584. The average Bonchev–Trinajstić information content (AvgIpc) is 2.46. The highest BCUT2D eigenvalue weighted by Crippen LogP contribution is 2.22. The minimum Gasteiger partial charge on any atom is -0.384 e. The van der Waals surface area contributed by atoms with Crippen molar-refractivity contribution in [1.29, 1.82) is 5.41 Å². The fourth-order valence-electron chi connectivity index (χ4n) is 2.42. The Bertz CT molecular complexity index is 712. The second-order valence-corrected chi connectivity index (χ2v) is 5.37. The number of amidine groups is 1. The van der Waals surface area contributed by atoms with Crippen molar-refractivity contribution in [3.63, 3.8) is 0 Å². The summed E-state index contributed by atoms with van der Waals surface area (Å²) >= 11 is 0. The number of nitrogens with one attached hydrogen (secondary N) is 1. The summed E-state index contributed by atoms with van der Waals surface area (Å²) in [4.78, 5) is 12.5. The van der Waals surface area contributed by atoms with Crippen molar-refractivity contribution < 1.29 is 0 Å². The number of pyridine rings is 1. The molecular formula is C17H21N3O. The molecular weight excluding hydrogens is 262 g/mol. The van der Waals surface area contributed by atoms with Gasteiger partial charge in [0.25, 0.3) is 5.56 Å². The van der Waals surface area contributed by atoms with Gasteiger partial charge in [-0.2, -0.15) is 0 Å². The molecule has 0 amide bonds. The van der Waals surface area contributed by atoms with Gasteiger partial charge in [-0.3, -0.25) is 10.2 Å². The molecule has 1 heterocycles. The Kier molecular flexibility index (Phi) is 4.26. The minimum absolute atomic E-state index is 0.00217. The Morgan fingerprint density at radius 2 is 1.81 bits per heavy atom. The number of hydrogen-bond acceptors (Lipinski definition) is 2. The molecule has 0 radical (unpaired) electrons. The van der Waals surface area contributed by atoms with Gasteiger partial charge in [0.1, 0.15) is 5.84 Å². The van der Waals surface area contributed by atoms with Gasteiger partial charge in [0, 0.05) is 6.04 Å². The number of nitrogens with zero attached hydrogens (tertiary/aromatic N) is 1. The molecule has 0 atom stereocenters. The van der Waals surface area contributed by atoms with Crippen LogP contribution in [0.3, 0.4) is 0 Å². The maximum atomic E-state index is 12.5. The monoisotopic (exact) mass is 283 g/mol. The molecule has 0 aliphatic rings. The lowest BCUT2D eigenvalue weighted by atomic mass is 10.0. The third-order valence-corrected chi connectivity index (χ3v) is 3.58. The average molecular weight is 283 g/mol. The Morgan fingerprint density at radius 3 is 2.29 bits per heavy atom. The number of benzene rings is 1. The normalized spacial score (nSPS) is 10.9. The largest absolute Gasteiger partial charge is 0.384 e.